The summed E-state index contributed by atoms with van der Waals surface area (Å²) in [6.45, 7) is 1.22. The van der Waals surface area contributed by atoms with E-state index in [9.17, 15) is 24.9 Å². The van der Waals surface area contributed by atoms with Crippen LogP contribution in [-0.2, 0) is 44.9 Å². The van der Waals surface area contributed by atoms with Gasteiger partial charge in [0, 0.05) is 13.3 Å². The van der Waals surface area contributed by atoms with E-state index in [2.05, 4.69) is 0 Å². The van der Waals surface area contributed by atoms with Crippen molar-refractivity contribution in [2.45, 2.75) is 64.3 Å². The normalized spacial score (nSPS) is 12.3. The van der Waals surface area contributed by atoms with E-state index < -0.39 is 24.1 Å². The third-order valence-electron chi connectivity index (χ3n) is 6.68. The average Bonchev–Trinajstić information content (AvgIpc) is 2.95. The minimum Gasteiger partial charge on any atom is -0.504 e. The Morgan fingerprint density at radius 1 is 0.732 bits per heavy atom. The molecule has 0 saturated heterocycles. The third-order valence-corrected chi connectivity index (χ3v) is 6.68. The molecule has 0 amide bonds. The van der Waals surface area contributed by atoms with Crippen molar-refractivity contribution in [2.75, 3.05) is 14.2 Å². The molecule has 0 bridgehead atoms. The van der Waals surface area contributed by atoms with Crippen molar-refractivity contribution in [3.8, 4) is 23.0 Å². The monoisotopic (exact) mass is 566 g/mol. The zero-order valence-electron chi connectivity index (χ0n) is 23.7. The molecule has 0 aliphatic carbocycles. The van der Waals surface area contributed by atoms with Crippen LogP contribution in [-0.4, -0.2) is 53.7 Å². The molecule has 0 saturated carbocycles. The lowest BCUT2D eigenvalue weighted by molar-refractivity contribution is -0.154. The molecule has 0 heterocycles. The van der Waals surface area contributed by atoms with Gasteiger partial charge in [0.05, 0.1) is 27.2 Å². The van der Waals surface area contributed by atoms with Crippen molar-refractivity contribution in [1.29, 1.82) is 0 Å². The third kappa shape index (κ3) is 10.0. The Bertz CT molecular complexity index is 1300. The van der Waals surface area contributed by atoms with E-state index in [4.69, 9.17) is 18.9 Å². The summed E-state index contributed by atoms with van der Waals surface area (Å²) in [5.41, 5.74) is 3.21. The maximum absolute atomic E-state index is 13.0. The second-order valence-electron chi connectivity index (χ2n) is 9.82. The number of ether oxygens (including phenoxy) is 4. The molecule has 0 aliphatic heterocycles. The summed E-state index contributed by atoms with van der Waals surface area (Å²) in [6, 6.07) is 17.2. The van der Waals surface area contributed by atoms with Gasteiger partial charge in [-0.05, 0) is 72.2 Å². The second kappa shape index (κ2) is 15.5. The average molecular weight is 567 g/mol. The highest BCUT2D eigenvalue weighted by Crippen LogP contribution is 2.29. The van der Waals surface area contributed by atoms with Gasteiger partial charge in [-0.2, -0.15) is 0 Å². The van der Waals surface area contributed by atoms with Gasteiger partial charge in [0.25, 0.3) is 0 Å². The molecule has 0 radical (unpaired) electrons. The van der Waals surface area contributed by atoms with Gasteiger partial charge in [-0.25, -0.2) is 0 Å². The Morgan fingerprint density at radius 2 is 1.27 bits per heavy atom. The zero-order valence-corrected chi connectivity index (χ0v) is 23.7. The lowest BCUT2D eigenvalue weighted by Crippen LogP contribution is -2.28. The van der Waals surface area contributed by atoms with Crippen LogP contribution in [0.25, 0.3) is 0 Å². The molecule has 2 atom stereocenters. The predicted molar refractivity (Wildman–Crippen MR) is 152 cm³/mol. The summed E-state index contributed by atoms with van der Waals surface area (Å²) < 4.78 is 22.0. The number of methoxy groups -OCH3 is 2. The number of hydrogen-bond acceptors (Lipinski definition) is 9. The summed E-state index contributed by atoms with van der Waals surface area (Å²) in [5, 5.41) is 29.2. The number of aliphatic hydroxyl groups excluding tert-OH is 1. The lowest BCUT2D eigenvalue weighted by Gasteiger charge is -2.24. The fourth-order valence-corrected chi connectivity index (χ4v) is 4.62. The largest absolute Gasteiger partial charge is 0.504 e. The Balaban J connectivity index is 1.75. The van der Waals surface area contributed by atoms with Gasteiger partial charge in [0.15, 0.2) is 23.0 Å². The zero-order chi connectivity index (χ0) is 29.8. The molecule has 9 nitrogen and oxygen atoms in total. The first kappa shape index (κ1) is 31.3. The quantitative estimate of drug-likeness (QED) is 0.225. The Kier molecular flexibility index (Phi) is 11.8. The van der Waals surface area contributed by atoms with Crippen LogP contribution in [0, 0.1) is 0 Å². The van der Waals surface area contributed by atoms with E-state index in [1.807, 2.05) is 0 Å². The van der Waals surface area contributed by atoms with Crippen molar-refractivity contribution in [3.05, 3.63) is 82.9 Å². The number of aromatic hydroxyl groups is 2. The van der Waals surface area contributed by atoms with Crippen LogP contribution >= 0.6 is 0 Å². The van der Waals surface area contributed by atoms with Crippen molar-refractivity contribution in [3.63, 3.8) is 0 Å². The Morgan fingerprint density at radius 3 is 1.78 bits per heavy atom. The molecule has 3 N–H and O–H groups in total. The van der Waals surface area contributed by atoms with Gasteiger partial charge in [0.1, 0.15) is 12.2 Å². The molecule has 0 fully saturated rings. The lowest BCUT2D eigenvalue weighted by atomic mass is 9.98. The van der Waals surface area contributed by atoms with Gasteiger partial charge in [0.2, 0.25) is 0 Å². The first-order chi connectivity index (χ1) is 19.7. The summed E-state index contributed by atoms with van der Waals surface area (Å²) in [4.78, 5) is 24.9. The molecule has 0 spiro atoms. The van der Waals surface area contributed by atoms with Crippen LogP contribution in [0.2, 0.25) is 0 Å². The number of phenols is 2. The summed E-state index contributed by atoms with van der Waals surface area (Å²) >= 11 is 0. The number of carbonyl (C=O) groups excluding carboxylic acids is 2. The van der Waals surface area contributed by atoms with E-state index in [0.717, 1.165) is 16.7 Å². The van der Waals surface area contributed by atoms with Crippen molar-refractivity contribution in [2.24, 2.45) is 0 Å². The smallest absolute Gasteiger partial charge is 0.310 e. The molecule has 3 rings (SSSR count). The van der Waals surface area contributed by atoms with E-state index in [-0.39, 0.29) is 30.9 Å². The first-order valence-electron chi connectivity index (χ1n) is 13.5. The van der Waals surface area contributed by atoms with Gasteiger partial charge in [-0.15, -0.1) is 0 Å². The fourth-order valence-electron chi connectivity index (χ4n) is 4.62. The molecule has 0 aliphatic rings. The maximum atomic E-state index is 13.0. The number of benzene rings is 3. The molecule has 3 aromatic carbocycles. The molecule has 2 unspecified atom stereocenters. The number of hydrogen-bond donors (Lipinski definition) is 3. The maximum Gasteiger partial charge on any atom is 0.310 e. The van der Waals surface area contributed by atoms with E-state index in [1.54, 1.807) is 60.7 Å². The molecule has 3 aromatic rings. The van der Waals surface area contributed by atoms with Crippen molar-refractivity contribution >= 4 is 11.9 Å². The van der Waals surface area contributed by atoms with E-state index in [1.165, 1.54) is 21.1 Å². The first-order valence-corrected chi connectivity index (χ1v) is 13.5. The summed E-state index contributed by atoms with van der Waals surface area (Å²) in [7, 11) is 2.95. The van der Waals surface area contributed by atoms with Crippen LogP contribution in [0.1, 0.15) is 48.4 Å². The summed E-state index contributed by atoms with van der Waals surface area (Å²) in [5.74, 6) is -0.0965. The van der Waals surface area contributed by atoms with Gasteiger partial charge in [-0.3, -0.25) is 9.59 Å². The van der Waals surface area contributed by atoms with Gasteiger partial charge < -0.3 is 34.3 Å². The van der Waals surface area contributed by atoms with Crippen LogP contribution < -0.4 is 9.47 Å². The molecule has 9 heteroatoms. The SMILES string of the molecule is COc1cc(CCC(CC(CCc2ccc(O)c(OC)c2)OC(=O)Cc2cccc(CO)c2)OC(C)=O)ccc1O. The number of aryl methyl sites for hydroxylation is 2. The number of phenolic OH excluding ortho intramolecular Hbond substituents is 2. The van der Waals surface area contributed by atoms with Crippen molar-refractivity contribution in [1.82, 2.24) is 0 Å². The highest BCUT2D eigenvalue weighted by Gasteiger charge is 2.23. The molecular weight excluding hydrogens is 528 g/mol. The van der Waals surface area contributed by atoms with Gasteiger partial charge >= 0.3 is 11.9 Å². The molecular formula is C32H38O9. The highest BCUT2D eigenvalue weighted by molar-refractivity contribution is 5.72. The highest BCUT2D eigenvalue weighted by atomic mass is 16.6. The molecule has 41 heavy (non-hydrogen) atoms. The van der Waals surface area contributed by atoms with Crippen LogP contribution in [0.5, 0.6) is 23.0 Å². The van der Waals surface area contributed by atoms with Gasteiger partial charge in [-0.1, -0.05) is 36.4 Å². The van der Waals surface area contributed by atoms with Crippen LogP contribution in [0.15, 0.2) is 60.7 Å². The number of aliphatic hydroxyl groups is 1. The van der Waals surface area contributed by atoms with E-state index in [0.29, 0.717) is 42.7 Å². The number of carbonyl (C=O) groups is 2. The number of rotatable bonds is 15. The Labute approximate surface area is 240 Å². The topological polar surface area (TPSA) is 132 Å². The Hall–Kier alpha value is -4.24. The second-order valence-corrected chi connectivity index (χ2v) is 9.82. The fraction of sp³-hybridized carbons (Fsp3) is 0.375. The molecule has 220 valence electrons. The summed E-state index contributed by atoms with van der Waals surface area (Å²) in [6.07, 6.45) is 1.19. The minimum atomic E-state index is -0.568. The number of esters is 2. The van der Waals surface area contributed by atoms with Crippen LogP contribution in [0.3, 0.4) is 0 Å². The van der Waals surface area contributed by atoms with E-state index >= 15 is 0 Å². The van der Waals surface area contributed by atoms with Crippen molar-refractivity contribution < 1.29 is 43.9 Å². The minimum absolute atomic E-state index is 0.0307. The predicted octanol–water partition coefficient (Wildman–Crippen LogP) is 4.65. The molecule has 0 aromatic heterocycles. The van der Waals surface area contributed by atoms with Crippen LogP contribution in [0.4, 0.5) is 0 Å². The standard InChI is InChI=1S/C32H38O9/c1-21(34)40-26(11-7-22-9-13-28(35)30(16-22)38-2)19-27(12-8-23-10-14-29(36)31(17-23)39-3)41-32(37)18-24-5-4-6-25(15-24)20-33/h4-6,9-10,13-17,26-27,33,35-36H,7-8,11-12,18-20H2,1-3H3.